The van der Waals surface area contributed by atoms with Crippen molar-refractivity contribution in [3.05, 3.63) is 59.8 Å². The molecule has 5 rings (SSSR count). The van der Waals surface area contributed by atoms with Crippen LogP contribution in [-0.4, -0.2) is 76.8 Å². The Bertz CT molecular complexity index is 1240. The number of amides is 2. The third kappa shape index (κ3) is 5.34. The van der Waals surface area contributed by atoms with E-state index >= 15 is 0 Å². The Morgan fingerprint density at radius 2 is 1.92 bits per heavy atom. The molecule has 2 aliphatic heterocycles. The number of hydrogen-bond acceptors (Lipinski definition) is 5. The van der Waals surface area contributed by atoms with Crippen molar-refractivity contribution in [2.45, 2.75) is 51.0 Å². The van der Waals surface area contributed by atoms with Crippen LogP contribution in [0, 0.1) is 0 Å². The first-order valence-electron chi connectivity index (χ1n) is 13.5. The summed E-state index contributed by atoms with van der Waals surface area (Å²) in [6, 6.07) is 15.8. The van der Waals surface area contributed by atoms with Crippen LogP contribution >= 0.6 is 0 Å². The summed E-state index contributed by atoms with van der Waals surface area (Å²) in [5.41, 5.74) is 1.34. The molecule has 1 fully saturated rings. The number of aromatic nitrogens is 2. The van der Waals surface area contributed by atoms with Gasteiger partial charge in [0.25, 0.3) is 11.8 Å². The SMILES string of the molecule is CCCCN1CCOc2ccccc2CCCCC2(CN(C(=O)c3n[nH]c4ccccc34)CCO2)C1=O. The highest BCUT2D eigenvalue weighted by Gasteiger charge is 2.47. The van der Waals surface area contributed by atoms with Gasteiger partial charge in [0.05, 0.1) is 25.2 Å². The topological polar surface area (TPSA) is 87.8 Å². The number of nitrogens with one attached hydrogen (secondary N) is 1. The van der Waals surface area contributed by atoms with Gasteiger partial charge in [-0.1, -0.05) is 49.7 Å². The van der Waals surface area contributed by atoms with Crippen LogP contribution in [0.2, 0.25) is 0 Å². The molecule has 1 aromatic heterocycles. The van der Waals surface area contributed by atoms with Crippen LogP contribution in [-0.2, 0) is 16.0 Å². The molecule has 37 heavy (non-hydrogen) atoms. The highest BCUT2D eigenvalue weighted by atomic mass is 16.5. The predicted octanol–water partition coefficient (Wildman–Crippen LogP) is 4.21. The second kappa shape index (κ2) is 11.3. The molecule has 2 aliphatic rings. The maximum Gasteiger partial charge on any atom is 0.275 e. The van der Waals surface area contributed by atoms with Gasteiger partial charge in [-0.2, -0.15) is 5.10 Å². The lowest BCUT2D eigenvalue weighted by Crippen LogP contribution is -2.62. The molecule has 2 aromatic carbocycles. The molecule has 1 atom stereocenters. The van der Waals surface area contributed by atoms with E-state index in [1.807, 2.05) is 47.4 Å². The number of carbonyl (C=O) groups is 2. The Morgan fingerprint density at radius 1 is 1.08 bits per heavy atom. The van der Waals surface area contributed by atoms with Gasteiger partial charge in [0.15, 0.2) is 11.3 Å². The maximum atomic E-state index is 14.1. The lowest BCUT2D eigenvalue weighted by atomic mass is 9.90. The molecule has 3 aromatic rings. The summed E-state index contributed by atoms with van der Waals surface area (Å²) in [5, 5.41) is 8.06. The highest BCUT2D eigenvalue weighted by Crippen LogP contribution is 2.31. The molecule has 196 valence electrons. The number of aromatic amines is 1. The van der Waals surface area contributed by atoms with Crippen molar-refractivity contribution in [2.75, 3.05) is 39.4 Å². The lowest BCUT2D eigenvalue weighted by Gasteiger charge is -2.44. The maximum absolute atomic E-state index is 14.1. The van der Waals surface area contributed by atoms with E-state index in [1.165, 1.54) is 5.56 Å². The molecular weight excluding hydrogens is 468 g/mol. The molecule has 1 spiro atoms. The van der Waals surface area contributed by atoms with E-state index in [9.17, 15) is 9.59 Å². The fourth-order valence-corrected chi connectivity index (χ4v) is 5.42. The van der Waals surface area contributed by atoms with E-state index in [0.29, 0.717) is 45.0 Å². The number of morpholine rings is 1. The van der Waals surface area contributed by atoms with Crippen molar-refractivity contribution in [1.82, 2.24) is 20.0 Å². The average molecular weight is 505 g/mol. The molecule has 2 amide bonds. The molecule has 0 bridgehead atoms. The van der Waals surface area contributed by atoms with E-state index in [1.54, 1.807) is 4.90 Å². The largest absolute Gasteiger partial charge is 0.491 e. The van der Waals surface area contributed by atoms with Crippen molar-refractivity contribution in [2.24, 2.45) is 0 Å². The van der Waals surface area contributed by atoms with Crippen LogP contribution in [0.5, 0.6) is 5.75 Å². The van der Waals surface area contributed by atoms with Crippen LogP contribution in [0.15, 0.2) is 48.5 Å². The Kier molecular flexibility index (Phi) is 7.74. The average Bonchev–Trinajstić information content (AvgIpc) is 3.36. The minimum atomic E-state index is -1.06. The quantitative estimate of drug-likeness (QED) is 0.575. The zero-order valence-electron chi connectivity index (χ0n) is 21.6. The molecule has 0 radical (unpaired) electrons. The molecule has 1 N–H and O–H groups in total. The van der Waals surface area contributed by atoms with Crippen LogP contribution < -0.4 is 4.74 Å². The second-order valence-corrected chi connectivity index (χ2v) is 10.00. The molecule has 1 saturated heterocycles. The van der Waals surface area contributed by atoms with Crippen molar-refractivity contribution in [1.29, 1.82) is 0 Å². The van der Waals surface area contributed by atoms with Gasteiger partial charge in [-0.15, -0.1) is 0 Å². The molecule has 3 heterocycles. The summed E-state index contributed by atoms with van der Waals surface area (Å²) in [6.07, 6.45) is 5.06. The number of benzene rings is 2. The Balaban J connectivity index is 1.41. The van der Waals surface area contributed by atoms with Gasteiger partial charge in [-0.25, -0.2) is 0 Å². The van der Waals surface area contributed by atoms with Crippen molar-refractivity contribution < 1.29 is 19.1 Å². The van der Waals surface area contributed by atoms with Crippen molar-refractivity contribution in [3.63, 3.8) is 0 Å². The van der Waals surface area contributed by atoms with Gasteiger partial charge in [-0.05, 0) is 49.8 Å². The minimum absolute atomic E-state index is 0.0391. The normalized spacial score (nSPS) is 21.3. The summed E-state index contributed by atoms with van der Waals surface area (Å²) >= 11 is 0. The van der Waals surface area contributed by atoms with E-state index in [0.717, 1.165) is 48.8 Å². The summed E-state index contributed by atoms with van der Waals surface area (Å²) in [6.45, 7) is 4.65. The fourth-order valence-electron chi connectivity index (χ4n) is 5.42. The number of para-hydroxylation sites is 2. The van der Waals surface area contributed by atoms with E-state index in [-0.39, 0.29) is 18.4 Å². The number of nitrogens with zero attached hydrogens (tertiary/aromatic N) is 3. The molecule has 0 aliphatic carbocycles. The Labute approximate surface area is 217 Å². The van der Waals surface area contributed by atoms with Gasteiger partial charge < -0.3 is 19.3 Å². The third-order valence-electron chi connectivity index (χ3n) is 7.47. The zero-order chi connectivity index (χ0) is 25.7. The van der Waals surface area contributed by atoms with E-state index < -0.39 is 5.60 Å². The van der Waals surface area contributed by atoms with Crippen LogP contribution in [0.1, 0.15) is 55.1 Å². The number of aryl methyl sites for hydroxylation is 1. The first kappa shape index (κ1) is 25.3. The number of rotatable bonds is 4. The summed E-state index contributed by atoms with van der Waals surface area (Å²) in [4.78, 5) is 31.4. The number of ether oxygens (including phenoxy) is 2. The van der Waals surface area contributed by atoms with Gasteiger partial charge in [0.1, 0.15) is 12.4 Å². The first-order chi connectivity index (χ1) is 18.1. The van der Waals surface area contributed by atoms with E-state index in [4.69, 9.17) is 9.47 Å². The molecule has 0 saturated carbocycles. The molecule has 1 unspecified atom stereocenters. The summed E-state index contributed by atoms with van der Waals surface area (Å²) in [5.74, 6) is 0.691. The van der Waals surface area contributed by atoms with Gasteiger partial charge >= 0.3 is 0 Å². The van der Waals surface area contributed by atoms with E-state index in [2.05, 4.69) is 23.2 Å². The Morgan fingerprint density at radius 3 is 2.81 bits per heavy atom. The van der Waals surface area contributed by atoms with Crippen LogP contribution in [0.4, 0.5) is 0 Å². The lowest BCUT2D eigenvalue weighted by molar-refractivity contribution is -0.170. The molecule has 8 heteroatoms. The van der Waals surface area contributed by atoms with Gasteiger partial charge in [0, 0.05) is 18.5 Å². The first-order valence-corrected chi connectivity index (χ1v) is 13.5. The third-order valence-corrected chi connectivity index (χ3v) is 7.47. The number of unbranched alkanes of at least 4 members (excludes halogenated alkanes) is 1. The standard InChI is InChI=1S/C29H36N4O4/c1-2-3-16-32-17-19-36-25-14-7-4-10-22(25)11-8-9-15-29(28(32)35)21-33(18-20-37-29)27(34)26-23-12-5-6-13-24(23)30-31-26/h4-7,10,12-14H,2-3,8-9,11,15-21H2,1H3,(H,30,31). The van der Waals surface area contributed by atoms with Gasteiger partial charge in [-0.3, -0.25) is 14.7 Å². The van der Waals surface area contributed by atoms with Gasteiger partial charge in [0.2, 0.25) is 0 Å². The Hall–Kier alpha value is -3.39. The highest BCUT2D eigenvalue weighted by molar-refractivity contribution is 6.05. The summed E-state index contributed by atoms with van der Waals surface area (Å²) in [7, 11) is 0. The number of carbonyl (C=O) groups excluding carboxylic acids is 2. The molecule has 8 nitrogen and oxygen atoms in total. The second-order valence-electron chi connectivity index (χ2n) is 10.00. The van der Waals surface area contributed by atoms with Crippen molar-refractivity contribution >= 4 is 22.7 Å². The number of fused-ring (bicyclic) bond motifs is 2. The predicted molar refractivity (Wildman–Crippen MR) is 142 cm³/mol. The fraction of sp³-hybridized carbons (Fsp3) is 0.483. The smallest absolute Gasteiger partial charge is 0.275 e. The summed E-state index contributed by atoms with van der Waals surface area (Å²) < 4.78 is 12.5. The number of H-pyrrole nitrogens is 1. The van der Waals surface area contributed by atoms with Crippen LogP contribution in [0.25, 0.3) is 10.9 Å². The monoisotopic (exact) mass is 504 g/mol. The van der Waals surface area contributed by atoms with Crippen molar-refractivity contribution in [3.8, 4) is 5.75 Å². The van der Waals surface area contributed by atoms with Crippen LogP contribution in [0.3, 0.4) is 0 Å². The zero-order valence-corrected chi connectivity index (χ0v) is 21.6. The molecular formula is C29H36N4O4. The number of hydrogen-bond donors (Lipinski definition) is 1. The minimum Gasteiger partial charge on any atom is -0.491 e.